The molecular weight excluding hydrogens is 421 g/mol. The van der Waals surface area contributed by atoms with Crippen LogP contribution in [0.25, 0.3) is 10.9 Å². The number of allylic oxidation sites excluding steroid dienone is 3. The first kappa shape index (κ1) is 21.8. The average molecular weight is 442 g/mol. The van der Waals surface area contributed by atoms with E-state index < -0.39 is 12.1 Å². The Kier molecular flexibility index (Phi) is 6.75. The fourth-order valence-corrected chi connectivity index (χ4v) is 3.62. The molecule has 1 atom stereocenters. The standard InChI is InChI=1S/C23H21Cl2N3O2/c1-5-7-10-18(26-4)28-21(16(6-2)19(25)14(3)24)17-12-11-15-9-8-13-27-20(15)22(17)30-23(28)29/h6-13,21H,2-3,5H2,1,4H3/b10-7-,19-16-,26-18?. The molecule has 5 nitrogen and oxygen atoms in total. The number of fused-ring (bicyclic) bond motifs is 3. The van der Waals surface area contributed by atoms with Crippen molar-refractivity contribution in [2.24, 2.45) is 4.99 Å². The largest absolute Gasteiger partial charge is 0.421 e. The van der Waals surface area contributed by atoms with Crippen LogP contribution in [0.5, 0.6) is 5.75 Å². The summed E-state index contributed by atoms with van der Waals surface area (Å²) in [5, 5.41) is 1.20. The summed E-state index contributed by atoms with van der Waals surface area (Å²) in [5.41, 5.74) is 1.78. The smallest absolute Gasteiger partial charge is 0.407 e. The molecule has 1 aromatic heterocycles. The lowest BCUT2D eigenvalue weighted by Crippen LogP contribution is -2.45. The number of hydrogen-bond acceptors (Lipinski definition) is 4. The van der Waals surface area contributed by atoms with Crippen molar-refractivity contribution in [1.29, 1.82) is 0 Å². The number of rotatable bonds is 5. The predicted molar refractivity (Wildman–Crippen MR) is 123 cm³/mol. The summed E-state index contributed by atoms with van der Waals surface area (Å²) in [6.45, 7) is 9.60. The molecule has 1 unspecified atom stereocenters. The molecule has 3 rings (SSSR count). The highest BCUT2D eigenvalue weighted by Gasteiger charge is 2.40. The molecule has 7 heteroatoms. The Morgan fingerprint density at radius 1 is 1.37 bits per heavy atom. The Bertz CT molecular complexity index is 1120. The molecule has 2 aromatic rings. The van der Waals surface area contributed by atoms with E-state index in [1.165, 1.54) is 4.90 Å². The van der Waals surface area contributed by atoms with Crippen LogP contribution in [0.2, 0.25) is 0 Å². The van der Waals surface area contributed by atoms with Gasteiger partial charge in [-0.2, -0.15) is 0 Å². The van der Waals surface area contributed by atoms with E-state index in [-0.39, 0.29) is 10.1 Å². The summed E-state index contributed by atoms with van der Waals surface area (Å²) < 4.78 is 5.74. The van der Waals surface area contributed by atoms with Crippen molar-refractivity contribution < 1.29 is 9.53 Å². The number of carbonyl (C=O) groups excluding carboxylic acids is 1. The maximum absolute atomic E-state index is 13.2. The Morgan fingerprint density at radius 3 is 2.77 bits per heavy atom. The summed E-state index contributed by atoms with van der Waals surface area (Å²) in [7, 11) is 1.61. The molecule has 1 aliphatic rings. The number of ether oxygens (including phenoxy) is 1. The molecule has 0 aliphatic carbocycles. The van der Waals surface area contributed by atoms with Crippen LogP contribution < -0.4 is 4.74 Å². The van der Waals surface area contributed by atoms with E-state index in [4.69, 9.17) is 27.9 Å². The zero-order valence-electron chi connectivity index (χ0n) is 16.7. The lowest BCUT2D eigenvalue weighted by molar-refractivity contribution is 0.158. The fourth-order valence-electron chi connectivity index (χ4n) is 3.33. The molecule has 0 saturated carbocycles. The second-order valence-corrected chi connectivity index (χ2v) is 7.30. The zero-order chi connectivity index (χ0) is 21.8. The van der Waals surface area contributed by atoms with E-state index in [2.05, 4.69) is 23.1 Å². The number of aromatic nitrogens is 1. The van der Waals surface area contributed by atoms with E-state index in [0.717, 1.165) is 11.8 Å². The van der Waals surface area contributed by atoms with Gasteiger partial charge in [-0.1, -0.05) is 73.6 Å². The van der Waals surface area contributed by atoms with Crippen molar-refractivity contribution in [3.63, 3.8) is 0 Å². The van der Waals surface area contributed by atoms with Gasteiger partial charge >= 0.3 is 6.09 Å². The lowest BCUT2D eigenvalue weighted by atomic mass is 9.93. The zero-order valence-corrected chi connectivity index (χ0v) is 18.2. The van der Waals surface area contributed by atoms with Gasteiger partial charge in [0.2, 0.25) is 0 Å². The minimum absolute atomic E-state index is 0.144. The molecule has 154 valence electrons. The first-order valence-electron chi connectivity index (χ1n) is 9.33. The van der Waals surface area contributed by atoms with Gasteiger partial charge in [-0.25, -0.2) is 9.69 Å². The summed E-state index contributed by atoms with van der Waals surface area (Å²) in [5.74, 6) is 0.792. The molecule has 0 spiro atoms. The number of pyridine rings is 1. The Labute approximate surface area is 185 Å². The van der Waals surface area contributed by atoms with Crippen molar-refractivity contribution in [2.75, 3.05) is 7.05 Å². The number of aliphatic imine (C=N–C) groups is 1. The SMILES string of the molecule is C=C/C(=C(/Cl)C(=C)Cl)C1c2ccc3cccnc3c2OC(=O)N1C(/C=C\CC)=NC. The van der Waals surface area contributed by atoms with Crippen LogP contribution in [-0.4, -0.2) is 28.9 Å². The third-order valence-corrected chi connectivity index (χ3v) is 5.41. The van der Waals surface area contributed by atoms with Crippen molar-refractivity contribution in [3.8, 4) is 5.75 Å². The molecule has 30 heavy (non-hydrogen) atoms. The summed E-state index contributed by atoms with van der Waals surface area (Å²) >= 11 is 12.6. The van der Waals surface area contributed by atoms with Gasteiger partial charge in [0.25, 0.3) is 0 Å². The second-order valence-electron chi connectivity index (χ2n) is 6.47. The van der Waals surface area contributed by atoms with Gasteiger partial charge in [0.1, 0.15) is 11.4 Å². The number of amides is 1. The van der Waals surface area contributed by atoms with Crippen molar-refractivity contribution in [2.45, 2.75) is 19.4 Å². The Hall–Kier alpha value is -2.89. The molecule has 0 saturated heterocycles. The topological polar surface area (TPSA) is 54.8 Å². The normalized spacial score (nSPS) is 17.6. The second kappa shape index (κ2) is 9.28. The molecule has 0 radical (unpaired) electrons. The molecule has 1 aromatic carbocycles. The average Bonchev–Trinajstić information content (AvgIpc) is 2.75. The van der Waals surface area contributed by atoms with Gasteiger partial charge in [0, 0.05) is 24.2 Å². The highest BCUT2D eigenvalue weighted by molar-refractivity contribution is 6.44. The minimum Gasteiger partial charge on any atom is -0.407 e. The highest BCUT2D eigenvalue weighted by Crippen LogP contribution is 2.45. The molecule has 0 fully saturated rings. The maximum atomic E-state index is 13.2. The van der Waals surface area contributed by atoms with Gasteiger partial charge < -0.3 is 4.74 Å². The van der Waals surface area contributed by atoms with Gasteiger partial charge in [0.15, 0.2) is 5.75 Å². The molecular formula is C23H21Cl2N3O2. The van der Waals surface area contributed by atoms with Crippen molar-refractivity contribution >= 4 is 46.0 Å². The summed E-state index contributed by atoms with van der Waals surface area (Å²) in [6.07, 6.45) is 7.07. The van der Waals surface area contributed by atoms with Crippen LogP contribution >= 0.6 is 23.2 Å². The summed E-state index contributed by atoms with van der Waals surface area (Å²) in [4.78, 5) is 23.3. The third kappa shape index (κ3) is 3.91. The van der Waals surface area contributed by atoms with E-state index in [1.54, 1.807) is 25.4 Å². The van der Waals surface area contributed by atoms with Crippen molar-refractivity contribution in [1.82, 2.24) is 9.88 Å². The number of halogens is 2. The van der Waals surface area contributed by atoms with E-state index in [0.29, 0.717) is 28.2 Å². The minimum atomic E-state index is -0.673. The van der Waals surface area contributed by atoms with E-state index in [1.807, 2.05) is 37.3 Å². The maximum Gasteiger partial charge on any atom is 0.421 e. The van der Waals surface area contributed by atoms with Crippen LogP contribution in [-0.2, 0) is 0 Å². The Balaban J connectivity index is 2.35. The molecule has 1 amide bonds. The number of hydrogen-bond donors (Lipinski definition) is 0. The van der Waals surface area contributed by atoms with Crippen LogP contribution in [0, 0.1) is 0 Å². The lowest BCUT2D eigenvalue weighted by Gasteiger charge is -2.37. The predicted octanol–water partition coefficient (Wildman–Crippen LogP) is 6.52. The third-order valence-electron chi connectivity index (χ3n) is 4.68. The van der Waals surface area contributed by atoms with Gasteiger partial charge in [-0.3, -0.25) is 9.98 Å². The quantitative estimate of drug-likeness (QED) is 0.301. The Morgan fingerprint density at radius 2 is 2.13 bits per heavy atom. The first-order valence-corrected chi connectivity index (χ1v) is 10.1. The molecule has 0 N–H and O–H groups in total. The molecule has 1 aliphatic heterocycles. The van der Waals surface area contributed by atoms with Crippen LogP contribution in [0.4, 0.5) is 4.79 Å². The fraction of sp³-hybridized carbons (Fsp3) is 0.174. The first-order chi connectivity index (χ1) is 14.4. The number of amidine groups is 1. The van der Waals surface area contributed by atoms with Gasteiger partial charge in [-0.15, -0.1) is 0 Å². The van der Waals surface area contributed by atoms with Crippen molar-refractivity contribution in [3.05, 3.63) is 83.0 Å². The number of carbonyl (C=O) groups is 1. The molecule has 0 bridgehead atoms. The van der Waals surface area contributed by atoms with Crippen LogP contribution in [0.3, 0.4) is 0 Å². The van der Waals surface area contributed by atoms with E-state index in [9.17, 15) is 4.79 Å². The monoisotopic (exact) mass is 441 g/mol. The highest BCUT2D eigenvalue weighted by atomic mass is 35.5. The summed E-state index contributed by atoms with van der Waals surface area (Å²) in [6, 6.07) is 6.85. The number of nitrogens with zero attached hydrogens (tertiary/aromatic N) is 3. The van der Waals surface area contributed by atoms with Crippen LogP contribution in [0.15, 0.2) is 82.5 Å². The molecule has 2 heterocycles. The van der Waals surface area contributed by atoms with Gasteiger partial charge in [-0.05, 0) is 24.1 Å². The number of benzene rings is 1. The van der Waals surface area contributed by atoms with Gasteiger partial charge in [0.05, 0.1) is 16.1 Å². The van der Waals surface area contributed by atoms with E-state index >= 15 is 0 Å². The van der Waals surface area contributed by atoms with Crippen LogP contribution in [0.1, 0.15) is 24.9 Å².